The van der Waals surface area contributed by atoms with E-state index in [0.717, 1.165) is 5.56 Å². The topological polar surface area (TPSA) is 184 Å². The van der Waals surface area contributed by atoms with Gasteiger partial charge < -0.3 is 34.6 Å². The van der Waals surface area contributed by atoms with Gasteiger partial charge in [0.15, 0.2) is 0 Å². The molecule has 1 aliphatic rings. The van der Waals surface area contributed by atoms with Crippen LogP contribution in [0.15, 0.2) is 42.5 Å². The first-order chi connectivity index (χ1) is 22.0. The van der Waals surface area contributed by atoms with E-state index in [9.17, 15) is 34.7 Å². The fourth-order valence-corrected chi connectivity index (χ4v) is 5.51. The number of nitrogens with zero attached hydrogens (tertiary/aromatic N) is 1. The summed E-state index contributed by atoms with van der Waals surface area (Å²) in [6, 6.07) is 9.84. The molecule has 0 spiro atoms. The maximum absolute atomic E-state index is 12.7. The number of allylic oxidation sites excluding steroid dienone is 2. The largest absolute Gasteiger partial charge is 0.463 e. The summed E-state index contributed by atoms with van der Waals surface area (Å²) in [6.45, 7) is 2.94. The van der Waals surface area contributed by atoms with Crippen molar-refractivity contribution in [2.75, 3.05) is 26.4 Å². The number of nitrogens with one attached hydrogen (secondary N) is 1. The number of hydrogen-bond donors (Lipinski definition) is 3. The van der Waals surface area contributed by atoms with Crippen LogP contribution in [-0.2, 0) is 39.9 Å². The first-order valence-electron chi connectivity index (χ1n) is 16.1. The average molecular weight is 651 g/mol. The van der Waals surface area contributed by atoms with Crippen molar-refractivity contribution < 1.29 is 48.7 Å². The highest BCUT2D eigenvalue weighted by Gasteiger charge is 2.40. The van der Waals surface area contributed by atoms with Crippen molar-refractivity contribution in [2.45, 2.75) is 102 Å². The molecule has 258 valence electrons. The zero-order valence-corrected chi connectivity index (χ0v) is 26.9. The number of aryl methyl sites for hydroxylation is 1. The lowest BCUT2D eigenvalue weighted by atomic mass is 9.85. The van der Waals surface area contributed by atoms with Crippen LogP contribution in [0.4, 0.5) is 0 Å². The zero-order chi connectivity index (χ0) is 33.7. The molecule has 1 amide bonds. The van der Waals surface area contributed by atoms with Gasteiger partial charge in [-0.3, -0.25) is 14.4 Å². The molecule has 13 nitrogen and oxygen atoms in total. The standard InChI is InChI=1S/C33H50N2O11/c1-24(2)45-32(39)13-9-4-3-8-12-27-28(30(37)22-29(27)36)17-16-26(15-14-25-10-6-5-7-11-25)46-33(40)18-19-34-31(38)23-43-20-21-44-35(41)42/h3,5-8,10-11,24,26-30,36-37H,4,9,12-23H2,1-2H3,(H,34,38)/b8-3-/t26-,27+,28+,29-,30+/m0/s1. The molecule has 1 aliphatic carbocycles. The minimum absolute atomic E-state index is 0.0404. The van der Waals surface area contributed by atoms with Gasteiger partial charge in [-0.05, 0) is 82.6 Å². The molecular formula is C33H50N2O11. The number of aliphatic hydroxyl groups excluding tert-OH is 2. The van der Waals surface area contributed by atoms with Crippen LogP contribution >= 0.6 is 0 Å². The van der Waals surface area contributed by atoms with Crippen molar-refractivity contribution in [3.63, 3.8) is 0 Å². The number of ether oxygens (including phenoxy) is 3. The Balaban J connectivity index is 1.84. The minimum atomic E-state index is -0.947. The molecule has 0 aliphatic heterocycles. The van der Waals surface area contributed by atoms with Crippen LogP contribution in [0.2, 0.25) is 0 Å². The number of benzene rings is 1. The lowest BCUT2D eigenvalue weighted by Crippen LogP contribution is -2.31. The summed E-state index contributed by atoms with van der Waals surface area (Å²) in [5.74, 6) is -1.45. The fraction of sp³-hybridized carbons (Fsp3) is 0.667. The summed E-state index contributed by atoms with van der Waals surface area (Å²) in [4.78, 5) is 50.5. The third kappa shape index (κ3) is 16.7. The molecule has 5 atom stereocenters. The third-order valence-electron chi connectivity index (χ3n) is 7.74. The van der Waals surface area contributed by atoms with Crippen molar-refractivity contribution in [3.8, 4) is 0 Å². The lowest BCUT2D eigenvalue weighted by molar-refractivity contribution is -0.758. The van der Waals surface area contributed by atoms with E-state index in [4.69, 9.17) is 14.2 Å². The summed E-state index contributed by atoms with van der Waals surface area (Å²) >= 11 is 0. The van der Waals surface area contributed by atoms with Crippen LogP contribution in [0.5, 0.6) is 0 Å². The second-order valence-corrected chi connectivity index (χ2v) is 11.8. The number of carbonyl (C=O) groups excluding carboxylic acids is 3. The van der Waals surface area contributed by atoms with Crippen molar-refractivity contribution in [3.05, 3.63) is 58.2 Å². The molecule has 46 heavy (non-hydrogen) atoms. The maximum atomic E-state index is 12.7. The molecular weight excluding hydrogens is 600 g/mol. The molecule has 0 aromatic heterocycles. The Morgan fingerprint density at radius 2 is 1.72 bits per heavy atom. The van der Waals surface area contributed by atoms with Gasteiger partial charge in [0.2, 0.25) is 5.91 Å². The summed E-state index contributed by atoms with van der Waals surface area (Å²) in [5.41, 5.74) is 1.11. The molecule has 13 heteroatoms. The number of aliphatic hydroxyl groups is 2. The summed E-state index contributed by atoms with van der Waals surface area (Å²) in [7, 11) is 0. The number of amides is 1. The molecule has 0 bridgehead atoms. The van der Waals surface area contributed by atoms with Crippen LogP contribution in [0.25, 0.3) is 0 Å². The summed E-state index contributed by atoms with van der Waals surface area (Å²) < 4.78 is 16.0. The van der Waals surface area contributed by atoms with Crippen LogP contribution < -0.4 is 5.32 Å². The Morgan fingerprint density at radius 1 is 1.00 bits per heavy atom. The Morgan fingerprint density at radius 3 is 2.43 bits per heavy atom. The van der Waals surface area contributed by atoms with E-state index in [2.05, 4.69) is 10.2 Å². The van der Waals surface area contributed by atoms with Crippen LogP contribution in [-0.4, -0.2) is 83.9 Å². The van der Waals surface area contributed by atoms with E-state index in [0.29, 0.717) is 57.8 Å². The zero-order valence-electron chi connectivity index (χ0n) is 26.9. The second-order valence-electron chi connectivity index (χ2n) is 11.8. The van der Waals surface area contributed by atoms with Gasteiger partial charge in [0.1, 0.15) is 19.3 Å². The number of esters is 2. The van der Waals surface area contributed by atoms with Gasteiger partial charge in [0.05, 0.1) is 31.3 Å². The van der Waals surface area contributed by atoms with E-state index in [1.807, 2.05) is 56.3 Å². The highest BCUT2D eigenvalue weighted by molar-refractivity contribution is 5.78. The SMILES string of the molecule is CC(C)OC(=O)CCC/C=C\C[C@@H]1[C@@H](CC[C@H](CCc2ccccc2)OC(=O)CCNC(=O)COCCO[N+](=O)[O-])[C@H](O)C[C@@H]1O. The smallest absolute Gasteiger partial charge is 0.307 e. The summed E-state index contributed by atoms with van der Waals surface area (Å²) in [6.07, 6.45) is 7.10. The monoisotopic (exact) mass is 650 g/mol. The molecule has 1 aromatic rings. The normalized spacial score (nSPS) is 20.0. The second kappa shape index (κ2) is 22.1. The fourth-order valence-electron chi connectivity index (χ4n) is 5.51. The van der Waals surface area contributed by atoms with Gasteiger partial charge in [-0.2, -0.15) is 0 Å². The Kier molecular flexibility index (Phi) is 18.5. The highest BCUT2D eigenvalue weighted by atomic mass is 17.0. The first kappa shape index (κ1) is 38.6. The minimum Gasteiger partial charge on any atom is -0.463 e. The van der Waals surface area contributed by atoms with Gasteiger partial charge in [0, 0.05) is 13.0 Å². The number of carbonyl (C=O) groups is 3. The molecule has 0 heterocycles. The van der Waals surface area contributed by atoms with Crippen molar-refractivity contribution in [2.24, 2.45) is 11.8 Å². The lowest BCUT2D eigenvalue weighted by Gasteiger charge is -2.25. The Labute approximate surface area is 270 Å². The van der Waals surface area contributed by atoms with Gasteiger partial charge in [-0.15, -0.1) is 10.1 Å². The van der Waals surface area contributed by atoms with E-state index >= 15 is 0 Å². The molecule has 1 aromatic carbocycles. The molecule has 0 radical (unpaired) electrons. The van der Waals surface area contributed by atoms with E-state index in [1.54, 1.807) is 0 Å². The molecule has 0 unspecified atom stereocenters. The van der Waals surface area contributed by atoms with Gasteiger partial charge in [0.25, 0.3) is 5.09 Å². The molecule has 1 saturated carbocycles. The van der Waals surface area contributed by atoms with Crippen LogP contribution in [0.1, 0.15) is 77.2 Å². The predicted molar refractivity (Wildman–Crippen MR) is 168 cm³/mol. The quantitative estimate of drug-likeness (QED) is 0.0518. The highest BCUT2D eigenvalue weighted by Crippen LogP contribution is 2.39. The van der Waals surface area contributed by atoms with E-state index in [-0.39, 0.29) is 56.7 Å². The molecule has 3 N–H and O–H groups in total. The van der Waals surface area contributed by atoms with Gasteiger partial charge in [-0.25, -0.2) is 0 Å². The van der Waals surface area contributed by atoms with E-state index < -0.39 is 35.3 Å². The summed E-state index contributed by atoms with van der Waals surface area (Å²) in [5, 5.41) is 33.2. The third-order valence-corrected chi connectivity index (χ3v) is 7.74. The van der Waals surface area contributed by atoms with Crippen LogP contribution in [0.3, 0.4) is 0 Å². The molecule has 1 fully saturated rings. The van der Waals surface area contributed by atoms with E-state index in [1.165, 1.54) is 0 Å². The Hall–Kier alpha value is -3.55. The van der Waals surface area contributed by atoms with Gasteiger partial charge in [-0.1, -0.05) is 42.5 Å². The van der Waals surface area contributed by atoms with Crippen molar-refractivity contribution in [1.29, 1.82) is 0 Å². The van der Waals surface area contributed by atoms with Crippen molar-refractivity contribution in [1.82, 2.24) is 5.32 Å². The number of rotatable bonds is 23. The maximum Gasteiger partial charge on any atom is 0.307 e. The number of hydrogen-bond acceptors (Lipinski definition) is 11. The van der Waals surface area contributed by atoms with Gasteiger partial charge >= 0.3 is 11.9 Å². The molecule has 2 rings (SSSR count). The Bertz CT molecular complexity index is 1080. The number of unbranched alkanes of at least 4 members (excludes halogenated alkanes) is 1. The molecule has 0 saturated heterocycles. The first-order valence-corrected chi connectivity index (χ1v) is 16.1. The predicted octanol–water partition coefficient (Wildman–Crippen LogP) is 3.47. The van der Waals surface area contributed by atoms with Crippen molar-refractivity contribution >= 4 is 17.8 Å². The van der Waals surface area contributed by atoms with Crippen LogP contribution in [0, 0.1) is 22.0 Å². The average Bonchev–Trinajstić information content (AvgIpc) is 3.27.